The number of halogens is 3. The van der Waals surface area contributed by atoms with Gasteiger partial charge in [-0.1, -0.05) is 0 Å². The van der Waals surface area contributed by atoms with Crippen molar-refractivity contribution >= 4 is 23.6 Å². The number of aldehydes is 1. The first-order valence-electron chi connectivity index (χ1n) is 8.86. The number of alkyl halides is 3. The van der Waals surface area contributed by atoms with Crippen molar-refractivity contribution in [3.05, 3.63) is 48.4 Å². The topological polar surface area (TPSA) is 70.6 Å². The molecule has 154 valence electrons. The molecule has 1 saturated heterocycles. The molecule has 0 saturated carbocycles. The third-order valence-electron chi connectivity index (χ3n) is 4.44. The fraction of sp³-hybridized carbons (Fsp3) is 0.316. The van der Waals surface area contributed by atoms with Gasteiger partial charge in [0.05, 0.1) is 12.7 Å². The minimum absolute atomic E-state index is 0.275. The number of allylic oxidation sites excluding steroid dienone is 1. The SMILES string of the molecule is COc1cc(Nc2nccnc2N2CCN(C=CC=O)CC2)ccc1C(F)(F)F. The third kappa shape index (κ3) is 4.95. The molecular weight excluding hydrogens is 387 g/mol. The van der Waals surface area contributed by atoms with Crippen LogP contribution in [0.4, 0.5) is 30.5 Å². The second kappa shape index (κ2) is 8.80. The molecule has 0 unspecified atom stereocenters. The maximum Gasteiger partial charge on any atom is 0.419 e. The van der Waals surface area contributed by atoms with Crippen LogP contribution in [0.1, 0.15) is 5.56 Å². The molecule has 1 aromatic heterocycles. The number of carbonyl (C=O) groups is 1. The first kappa shape index (κ1) is 20.4. The molecule has 0 atom stereocenters. The van der Waals surface area contributed by atoms with Gasteiger partial charge in [0.1, 0.15) is 12.0 Å². The summed E-state index contributed by atoms with van der Waals surface area (Å²) in [6.07, 6.45) is 2.50. The van der Waals surface area contributed by atoms with Gasteiger partial charge in [-0.3, -0.25) is 4.79 Å². The summed E-state index contributed by atoms with van der Waals surface area (Å²) in [4.78, 5) is 23.2. The van der Waals surface area contributed by atoms with Crippen molar-refractivity contribution in [2.24, 2.45) is 0 Å². The summed E-state index contributed by atoms with van der Waals surface area (Å²) in [7, 11) is 1.20. The van der Waals surface area contributed by atoms with E-state index in [0.717, 1.165) is 12.4 Å². The number of methoxy groups -OCH3 is 1. The number of nitrogens with zero attached hydrogens (tertiary/aromatic N) is 4. The van der Waals surface area contributed by atoms with Crippen LogP contribution in [0, 0.1) is 0 Å². The molecule has 1 N–H and O–H groups in total. The van der Waals surface area contributed by atoms with Crippen LogP contribution in [0.3, 0.4) is 0 Å². The fourth-order valence-corrected chi connectivity index (χ4v) is 3.03. The van der Waals surface area contributed by atoms with Crippen molar-refractivity contribution in [1.82, 2.24) is 14.9 Å². The van der Waals surface area contributed by atoms with E-state index in [2.05, 4.69) is 15.3 Å². The molecule has 29 heavy (non-hydrogen) atoms. The minimum Gasteiger partial charge on any atom is -0.496 e. The summed E-state index contributed by atoms with van der Waals surface area (Å²) >= 11 is 0. The number of piperazine rings is 1. The molecule has 1 aromatic carbocycles. The Bertz CT molecular complexity index is 880. The van der Waals surface area contributed by atoms with E-state index in [-0.39, 0.29) is 5.75 Å². The zero-order chi connectivity index (χ0) is 20.9. The van der Waals surface area contributed by atoms with Crippen molar-refractivity contribution in [2.75, 3.05) is 43.5 Å². The summed E-state index contributed by atoms with van der Waals surface area (Å²) in [6, 6.07) is 3.57. The first-order chi connectivity index (χ1) is 13.9. The molecular formula is C19H20F3N5O2. The maximum absolute atomic E-state index is 13.1. The summed E-state index contributed by atoms with van der Waals surface area (Å²) < 4.78 is 44.1. The highest BCUT2D eigenvalue weighted by Gasteiger charge is 2.34. The molecule has 1 aliphatic rings. The number of benzene rings is 1. The monoisotopic (exact) mass is 407 g/mol. The average molecular weight is 407 g/mol. The van der Waals surface area contributed by atoms with Crippen molar-refractivity contribution in [1.29, 1.82) is 0 Å². The summed E-state index contributed by atoms with van der Waals surface area (Å²) in [6.45, 7) is 2.72. The van der Waals surface area contributed by atoms with Crippen molar-refractivity contribution < 1.29 is 22.7 Å². The minimum atomic E-state index is -4.50. The molecule has 2 heterocycles. The summed E-state index contributed by atoms with van der Waals surface area (Å²) in [5.41, 5.74) is -0.437. The molecule has 0 aliphatic carbocycles. The number of aromatic nitrogens is 2. The van der Waals surface area contributed by atoms with Gasteiger partial charge >= 0.3 is 6.18 Å². The molecule has 1 fully saturated rings. The van der Waals surface area contributed by atoms with Crippen LogP contribution in [0.25, 0.3) is 0 Å². The second-order valence-electron chi connectivity index (χ2n) is 6.27. The zero-order valence-electron chi connectivity index (χ0n) is 15.7. The van der Waals surface area contributed by atoms with E-state index in [1.165, 1.54) is 31.5 Å². The highest BCUT2D eigenvalue weighted by atomic mass is 19.4. The van der Waals surface area contributed by atoms with Crippen LogP contribution in [0.2, 0.25) is 0 Å². The Morgan fingerprint density at radius 3 is 2.52 bits per heavy atom. The van der Waals surface area contributed by atoms with E-state index < -0.39 is 11.7 Å². The molecule has 2 aromatic rings. The standard InChI is InChI=1S/C19H20F3N5O2/c1-29-16-13-14(3-4-15(16)19(20,21)22)25-17-18(24-6-5-23-17)27-10-8-26(9-11-27)7-2-12-28/h2-7,12-13H,8-11H2,1H3,(H,23,25). The Hall–Kier alpha value is -3.30. The Morgan fingerprint density at radius 1 is 1.14 bits per heavy atom. The first-order valence-corrected chi connectivity index (χ1v) is 8.86. The fourth-order valence-electron chi connectivity index (χ4n) is 3.03. The molecule has 0 amide bonds. The Balaban J connectivity index is 1.78. The van der Waals surface area contributed by atoms with E-state index in [9.17, 15) is 18.0 Å². The smallest absolute Gasteiger partial charge is 0.419 e. The van der Waals surface area contributed by atoms with Gasteiger partial charge in [0.15, 0.2) is 11.6 Å². The largest absolute Gasteiger partial charge is 0.496 e. The molecule has 0 bridgehead atoms. The highest BCUT2D eigenvalue weighted by molar-refractivity contribution is 5.69. The molecule has 0 radical (unpaired) electrons. The predicted molar refractivity (Wildman–Crippen MR) is 102 cm³/mol. The van der Waals surface area contributed by atoms with Gasteiger partial charge in [-0.2, -0.15) is 13.2 Å². The van der Waals surface area contributed by atoms with Crippen LogP contribution < -0.4 is 15.0 Å². The lowest BCUT2D eigenvalue weighted by Crippen LogP contribution is -2.44. The van der Waals surface area contributed by atoms with Crippen molar-refractivity contribution in [3.8, 4) is 5.75 Å². The molecule has 0 spiro atoms. The van der Waals surface area contributed by atoms with Crippen LogP contribution in [-0.2, 0) is 11.0 Å². The van der Waals surface area contributed by atoms with Crippen LogP contribution in [0.15, 0.2) is 42.9 Å². The number of hydrogen-bond acceptors (Lipinski definition) is 7. The average Bonchev–Trinajstić information content (AvgIpc) is 2.72. The van der Waals surface area contributed by atoms with E-state index in [1.54, 1.807) is 12.4 Å². The Kier molecular flexibility index (Phi) is 6.20. The van der Waals surface area contributed by atoms with Gasteiger partial charge in [-0.25, -0.2) is 9.97 Å². The number of rotatable bonds is 6. The second-order valence-corrected chi connectivity index (χ2v) is 6.27. The van der Waals surface area contributed by atoms with Gasteiger partial charge < -0.3 is 19.9 Å². The van der Waals surface area contributed by atoms with Crippen molar-refractivity contribution in [3.63, 3.8) is 0 Å². The lowest BCUT2D eigenvalue weighted by atomic mass is 10.1. The third-order valence-corrected chi connectivity index (χ3v) is 4.44. The number of ether oxygens (including phenoxy) is 1. The molecule has 10 heteroatoms. The van der Waals surface area contributed by atoms with E-state index >= 15 is 0 Å². The number of anilines is 3. The number of nitrogens with one attached hydrogen (secondary N) is 1. The van der Waals surface area contributed by atoms with Gasteiger partial charge in [0.2, 0.25) is 0 Å². The Morgan fingerprint density at radius 2 is 1.86 bits per heavy atom. The maximum atomic E-state index is 13.1. The normalized spacial score (nSPS) is 14.9. The summed E-state index contributed by atoms with van der Waals surface area (Å²) in [5, 5.41) is 3.03. The predicted octanol–water partition coefficient (Wildman–Crippen LogP) is 3.08. The van der Waals surface area contributed by atoms with Gasteiger partial charge in [-0.05, 0) is 18.2 Å². The van der Waals surface area contributed by atoms with Crippen LogP contribution >= 0.6 is 0 Å². The van der Waals surface area contributed by atoms with Crippen LogP contribution in [-0.4, -0.2) is 54.4 Å². The quantitative estimate of drug-likeness (QED) is 0.583. The van der Waals surface area contributed by atoms with Crippen LogP contribution in [0.5, 0.6) is 5.75 Å². The van der Waals surface area contributed by atoms with E-state index in [4.69, 9.17) is 4.74 Å². The van der Waals surface area contributed by atoms with Gasteiger partial charge in [0.25, 0.3) is 0 Å². The van der Waals surface area contributed by atoms with E-state index in [1.807, 2.05) is 9.80 Å². The van der Waals surface area contributed by atoms with Gasteiger partial charge in [0, 0.05) is 56.5 Å². The molecule has 1 aliphatic heterocycles. The number of hydrogen-bond donors (Lipinski definition) is 1. The van der Waals surface area contributed by atoms with Gasteiger partial charge in [-0.15, -0.1) is 0 Å². The molecule has 7 nitrogen and oxygen atoms in total. The molecule has 3 rings (SSSR count). The zero-order valence-corrected chi connectivity index (χ0v) is 15.7. The van der Waals surface area contributed by atoms with E-state index in [0.29, 0.717) is 43.5 Å². The summed E-state index contributed by atoms with van der Waals surface area (Å²) in [5.74, 6) is 0.764. The lowest BCUT2D eigenvalue weighted by molar-refractivity contribution is -0.138. The lowest BCUT2D eigenvalue weighted by Gasteiger charge is -2.35. The number of carbonyl (C=O) groups excluding carboxylic acids is 1. The highest BCUT2D eigenvalue weighted by Crippen LogP contribution is 2.38. The Labute approximate surface area is 165 Å². The van der Waals surface area contributed by atoms with Crippen molar-refractivity contribution in [2.45, 2.75) is 6.18 Å².